The fourth-order valence-electron chi connectivity index (χ4n) is 10.2. The van der Waals surface area contributed by atoms with Crippen molar-refractivity contribution in [3.05, 3.63) is 94.0 Å². The first kappa shape index (κ1) is 64.0. The third-order valence-corrected chi connectivity index (χ3v) is 15.7. The lowest BCUT2D eigenvalue weighted by atomic mass is 9.77. The highest BCUT2D eigenvalue weighted by molar-refractivity contribution is 5.93. The van der Waals surface area contributed by atoms with Crippen LogP contribution < -0.4 is 26.9 Å². The van der Waals surface area contributed by atoms with Gasteiger partial charge < -0.3 is 50.9 Å². The standard InChI is InChI=1S/C59H90N6O12/c1-11-43-33-40(8)59(76,63-54(43)71)39(7)32-36(4)27-30-48(67)37(5)20-14-12-15-21-38(6)50-25-17-13-16-24-49(68)42(10)53(70)45(29-28-41(9)66)55(72)62-52(35(2)3)56(73)61-47(34-44-22-18-26-51(69)60-44)57(74)65-31-19-23-46(64-65)58(75)77-50/h12-13,15-18,21-22,24,26,32,35-37,40,42-43,45-50,52-53,64,67-68,70,76H,11,14,19-20,23,25,27-31,33-34H2,1-10H3,(H,60,69)(H,61,73)(H,62,72)(H,63,71)/b15-12+,17-13+,24-16+,38-21+,39-32-/t36?,37?,40-,42?,43?,45?,46?,47?,48?,49-,50-,52?,53?,59-/m0/s1. The van der Waals surface area contributed by atoms with Crippen LogP contribution in [-0.4, -0.2) is 121 Å². The van der Waals surface area contributed by atoms with Crippen molar-refractivity contribution >= 4 is 35.4 Å². The predicted octanol–water partition coefficient (Wildman–Crippen LogP) is 5.32. The van der Waals surface area contributed by atoms with Gasteiger partial charge in [-0.05, 0) is 114 Å². The summed E-state index contributed by atoms with van der Waals surface area (Å²) < 4.78 is 6.17. The van der Waals surface area contributed by atoms with E-state index < -0.39 is 95.3 Å². The van der Waals surface area contributed by atoms with Crippen LogP contribution >= 0.6 is 0 Å². The molecule has 18 heteroatoms. The summed E-state index contributed by atoms with van der Waals surface area (Å²) in [4.78, 5) is 96.5. The largest absolute Gasteiger partial charge is 0.456 e. The van der Waals surface area contributed by atoms with Gasteiger partial charge in [0.25, 0.3) is 5.91 Å². The van der Waals surface area contributed by atoms with Gasteiger partial charge in [-0.15, -0.1) is 0 Å². The van der Waals surface area contributed by atoms with Gasteiger partial charge in [-0.25, -0.2) is 5.43 Å². The maximum atomic E-state index is 14.5. The smallest absolute Gasteiger partial charge is 0.325 e. The number of aliphatic hydroxyl groups excluding tert-OH is 3. The number of amides is 4. The Balaban J connectivity index is 1.53. The molecular formula is C59H90N6O12. The number of carbonyl (C=O) groups is 6. The average Bonchev–Trinajstić information content (AvgIpc) is 3.38. The summed E-state index contributed by atoms with van der Waals surface area (Å²) in [6.07, 6.45) is 15.0. The lowest BCUT2D eigenvalue weighted by Crippen LogP contribution is -2.62. The Bertz CT molecular complexity index is 2380. The van der Waals surface area contributed by atoms with Crippen molar-refractivity contribution in [1.82, 2.24) is 31.4 Å². The molecule has 2 saturated heterocycles. The summed E-state index contributed by atoms with van der Waals surface area (Å²) in [6, 6.07) is 1.00. The second kappa shape index (κ2) is 30.6. The third-order valence-electron chi connectivity index (χ3n) is 15.7. The highest BCUT2D eigenvalue weighted by Gasteiger charge is 2.44. The van der Waals surface area contributed by atoms with Gasteiger partial charge in [0.1, 0.15) is 30.0 Å². The molecule has 0 spiro atoms. The molecule has 4 rings (SSSR count). The molecule has 0 saturated carbocycles. The molecule has 1 aromatic heterocycles. The van der Waals surface area contributed by atoms with Crippen LogP contribution in [0.25, 0.3) is 0 Å². The van der Waals surface area contributed by atoms with E-state index in [1.807, 2.05) is 65.8 Å². The molecule has 428 valence electrons. The normalized spacial score (nSPS) is 31.0. The number of piperidine rings is 1. The van der Waals surface area contributed by atoms with Crippen molar-refractivity contribution in [1.29, 1.82) is 0 Å². The zero-order valence-electron chi connectivity index (χ0n) is 47.1. The molecule has 0 aromatic carbocycles. The predicted molar refractivity (Wildman–Crippen MR) is 295 cm³/mol. The molecule has 3 aliphatic heterocycles. The molecule has 10 unspecified atom stereocenters. The Morgan fingerprint density at radius 2 is 1.68 bits per heavy atom. The number of Topliss-reactive ketones (excluding diaryl/α,β-unsaturated/α-hetero) is 1. The number of ether oxygens (including phenoxy) is 1. The second-order valence-corrected chi connectivity index (χ2v) is 22.4. The molecule has 9 N–H and O–H groups in total. The number of aliphatic hydroxyl groups is 4. The van der Waals surface area contributed by atoms with Gasteiger partial charge in [0.2, 0.25) is 23.3 Å². The number of H-pyrrole nitrogens is 1. The number of rotatable bonds is 18. The highest BCUT2D eigenvalue weighted by Crippen LogP contribution is 2.35. The molecule has 0 aliphatic carbocycles. The molecule has 4 amide bonds. The maximum absolute atomic E-state index is 14.5. The topological polar surface area (TPSA) is 277 Å². The molecular weight excluding hydrogens is 985 g/mol. The number of aromatic nitrogens is 1. The van der Waals surface area contributed by atoms with Crippen LogP contribution in [0, 0.1) is 41.4 Å². The number of ketones is 1. The van der Waals surface area contributed by atoms with E-state index in [1.54, 1.807) is 45.1 Å². The van der Waals surface area contributed by atoms with Gasteiger partial charge in [-0.3, -0.25) is 33.8 Å². The zero-order valence-corrected chi connectivity index (χ0v) is 47.1. The summed E-state index contributed by atoms with van der Waals surface area (Å²) in [5.74, 6) is -5.76. The van der Waals surface area contributed by atoms with E-state index in [-0.39, 0.29) is 67.6 Å². The molecule has 3 aliphatic rings. The number of cyclic esters (lactones) is 1. The van der Waals surface area contributed by atoms with E-state index in [0.29, 0.717) is 56.2 Å². The van der Waals surface area contributed by atoms with Crippen LogP contribution in [0.1, 0.15) is 146 Å². The summed E-state index contributed by atoms with van der Waals surface area (Å²) in [5.41, 5.74) is 2.99. The number of allylic oxidation sites excluding steroid dienone is 6. The van der Waals surface area contributed by atoms with E-state index in [1.165, 1.54) is 30.1 Å². The Labute approximate surface area is 455 Å². The van der Waals surface area contributed by atoms with Crippen molar-refractivity contribution in [2.75, 3.05) is 6.54 Å². The van der Waals surface area contributed by atoms with Crippen LogP contribution in [0.3, 0.4) is 0 Å². The number of hydrogen-bond acceptors (Lipinski definition) is 13. The van der Waals surface area contributed by atoms with Crippen molar-refractivity contribution in [3.63, 3.8) is 0 Å². The second-order valence-electron chi connectivity index (χ2n) is 22.4. The number of pyridine rings is 1. The van der Waals surface area contributed by atoms with Crippen LogP contribution in [0.15, 0.2) is 82.7 Å². The fourth-order valence-corrected chi connectivity index (χ4v) is 10.2. The monoisotopic (exact) mass is 1070 g/mol. The van der Waals surface area contributed by atoms with E-state index in [2.05, 4.69) is 26.4 Å². The number of hydrogen-bond donors (Lipinski definition) is 9. The number of carbonyl (C=O) groups excluding carboxylic acids is 6. The minimum absolute atomic E-state index is 0.00349. The first-order chi connectivity index (χ1) is 36.4. The van der Waals surface area contributed by atoms with Crippen LogP contribution in [0.2, 0.25) is 0 Å². The Kier molecular flexibility index (Phi) is 25.4. The molecule has 0 radical (unpaired) electrons. The van der Waals surface area contributed by atoms with E-state index >= 15 is 0 Å². The first-order valence-electron chi connectivity index (χ1n) is 27.9. The van der Waals surface area contributed by atoms with Crippen molar-refractivity contribution in [2.24, 2.45) is 41.4 Å². The van der Waals surface area contributed by atoms with Crippen molar-refractivity contribution in [2.45, 2.75) is 195 Å². The molecule has 18 nitrogen and oxygen atoms in total. The van der Waals surface area contributed by atoms with Gasteiger partial charge in [0.15, 0.2) is 5.72 Å². The number of fused-ring (bicyclic) bond motifs is 2. The van der Waals surface area contributed by atoms with Gasteiger partial charge >= 0.3 is 5.97 Å². The number of esters is 1. The van der Waals surface area contributed by atoms with Gasteiger partial charge in [-0.1, -0.05) is 103 Å². The SMILES string of the molecule is CCC1C[C@H](C)[C@@](O)(/C(C)=C\C(C)CCC(O)C(C)CC/C=C/C=C(\C)[C@@H]2C/C=C/C=C/[C@H](O)C(C)C(O)C(CCC(C)=O)C(=O)NC(C(C)C)C(=O)NC(Cc3cccc(=O)[nH]3)C(=O)N3CCCC(N3)C(=O)O2)NC1=O. The minimum atomic E-state index is -1.44. The van der Waals surface area contributed by atoms with E-state index in [4.69, 9.17) is 4.74 Å². The first-order valence-corrected chi connectivity index (χ1v) is 27.9. The molecule has 4 heterocycles. The average molecular weight is 1080 g/mol. The Morgan fingerprint density at radius 3 is 2.35 bits per heavy atom. The van der Waals surface area contributed by atoms with Crippen molar-refractivity contribution < 1.29 is 53.9 Å². The summed E-state index contributed by atoms with van der Waals surface area (Å²) in [6.45, 7) is 18.2. The maximum Gasteiger partial charge on any atom is 0.325 e. The highest BCUT2D eigenvalue weighted by atomic mass is 16.5. The van der Waals surface area contributed by atoms with Crippen LogP contribution in [-0.2, 0) is 39.9 Å². The molecule has 14 atom stereocenters. The van der Waals surface area contributed by atoms with E-state index in [9.17, 15) is 54.0 Å². The minimum Gasteiger partial charge on any atom is -0.456 e. The lowest BCUT2D eigenvalue weighted by Gasteiger charge is -2.42. The Morgan fingerprint density at radius 1 is 0.948 bits per heavy atom. The molecule has 2 fully saturated rings. The number of nitrogens with one attached hydrogen (secondary N) is 5. The van der Waals surface area contributed by atoms with Gasteiger partial charge in [0.05, 0.1) is 24.2 Å². The zero-order chi connectivity index (χ0) is 57.1. The van der Waals surface area contributed by atoms with Gasteiger partial charge in [0, 0.05) is 55.3 Å². The third kappa shape index (κ3) is 19.1. The molecule has 77 heavy (non-hydrogen) atoms. The summed E-state index contributed by atoms with van der Waals surface area (Å²) in [5, 5.41) is 55.0. The quantitative estimate of drug-likeness (QED) is 0.0512. The van der Waals surface area contributed by atoms with Gasteiger partial charge in [-0.2, -0.15) is 0 Å². The molecule has 2 bridgehead atoms. The number of hydrazine groups is 1. The van der Waals surface area contributed by atoms with E-state index in [0.717, 1.165) is 12.0 Å². The number of nitrogens with zero attached hydrogens (tertiary/aromatic N) is 1. The Hall–Kier alpha value is -5.53. The molecule has 1 aromatic rings. The summed E-state index contributed by atoms with van der Waals surface area (Å²) >= 11 is 0. The summed E-state index contributed by atoms with van der Waals surface area (Å²) in [7, 11) is 0. The lowest BCUT2D eigenvalue weighted by molar-refractivity contribution is -0.156. The van der Waals surface area contributed by atoms with Crippen molar-refractivity contribution in [3.8, 4) is 0 Å². The number of aromatic amines is 1. The fraction of sp³-hybridized carbons (Fsp3) is 0.644. The van der Waals surface area contributed by atoms with Crippen LogP contribution in [0.5, 0.6) is 0 Å². The van der Waals surface area contributed by atoms with Crippen LogP contribution in [0.4, 0.5) is 0 Å².